The van der Waals surface area contributed by atoms with Crippen LogP contribution in [0.5, 0.6) is 0 Å². The summed E-state index contributed by atoms with van der Waals surface area (Å²) >= 11 is 0. The van der Waals surface area contributed by atoms with E-state index in [4.69, 9.17) is 0 Å². The van der Waals surface area contributed by atoms with Gasteiger partial charge in [-0.1, -0.05) is 25.8 Å². The average Bonchev–Trinajstić information content (AvgIpc) is 2.70. The fraction of sp³-hybridized carbons (Fsp3) is 0.625. The van der Waals surface area contributed by atoms with Gasteiger partial charge in [-0.05, 0) is 25.5 Å². The lowest BCUT2D eigenvalue weighted by Gasteiger charge is -2.31. The highest BCUT2D eigenvalue weighted by molar-refractivity contribution is 5.22. The molecule has 1 unspecified atom stereocenters. The molecule has 0 amide bonds. The summed E-state index contributed by atoms with van der Waals surface area (Å²) in [4.78, 5) is 2.34. The molecule has 1 aromatic carbocycles. The smallest absolute Gasteiger partial charge is 0.130 e. The van der Waals surface area contributed by atoms with Crippen molar-refractivity contribution in [3.05, 3.63) is 35.4 Å². The Kier molecular flexibility index (Phi) is 5.92. The predicted molar refractivity (Wildman–Crippen MR) is 77.7 cm³/mol. The Morgan fingerprint density at radius 2 is 2.10 bits per heavy atom. The van der Waals surface area contributed by atoms with Crippen LogP contribution in [-0.4, -0.2) is 31.1 Å². The summed E-state index contributed by atoms with van der Waals surface area (Å²) in [7, 11) is 0. The van der Waals surface area contributed by atoms with Gasteiger partial charge in [-0.2, -0.15) is 0 Å². The molecule has 1 fully saturated rings. The molecule has 1 N–H and O–H groups in total. The maximum atomic E-state index is 14.1. The standard InChI is InChI=1S/C16H24F2N2/c1-2-3-5-16(20-10-4-8-19-9-11-20)14-7-6-13(17)12-15(14)18/h6-7,12,16,19H,2-5,8-11H2,1H3. The number of benzene rings is 1. The third kappa shape index (κ3) is 4.00. The van der Waals surface area contributed by atoms with Gasteiger partial charge in [0.25, 0.3) is 0 Å². The van der Waals surface area contributed by atoms with Crippen molar-refractivity contribution < 1.29 is 8.78 Å². The number of halogens is 2. The Labute approximate surface area is 120 Å². The number of rotatable bonds is 5. The Hall–Kier alpha value is -1.00. The summed E-state index contributed by atoms with van der Waals surface area (Å²) in [5.41, 5.74) is 0.641. The zero-order valence-corrected chi connectivity index (χ0v) is 12.2. The van der Waals surface area contributed by atoms with Crippen molar-refractivity contribution in [1.82, 2.24) is 10.2 Å². The summed E-state index contributed by atoms with van der Waals surface area (Å²) in [6.45, 7) is 5.99. The van der Waals surface area contributed by atoms with Crippen LogP contribution in [0.15, 0.2) is 18.2 Å². The zero-order chi connectivity index (χ0) is 14.4. The first-order chi connectivity index (χ1) is 9.72. The van der Waals surface area contributed by atoms with Gasteiger partial charge in [0.1, 0.15) is 11.6 Å². The second-order valence-electron chi connectivity index (χ2n) is 5.46. The number of hydrogen-bond acceptors (Lipinski definition) is 2. The van der Waals surface area contributed by atoms with E-state index < -0.39 is 11.6 Å². The molecule has 20 heavy (non-hydrogen) atoms. The summed E-state index contributed by atoms with van der Waals surface area (Å²) in [5.74, 6) is -0.915. The SMILES string of the molecule is CCCCC(c1ccc(F)cc1F)N1CCCNCC1. The Balaban J connectivity index is 2.20. The highest BCUT2D eigenvalue weighted by Crippen LogP contribution is 2.29. The van der Waals surface area contributed by atoms with Gasteiger partial charge < -0.3 is 5.32 Å². The topological polar surface area (TPSA) is 15.3 Å². The molecule has 1 aliphatic heterocycles. The number of nitrogens with zero attached hydrogens (tertiary/aromatic N) is 1. The molecule has 0 spiro atoms. The lowest BCUT2D eigenvalue weighted by Crippen LogP contribution is -2.32. The van der Waals surface area contributed by atoms with E-state index in [0.29, 0.717) is 5.56 Å². The first kappa shape index (κ1) is 15.4. The molecule has 2 nitrogen and oxygen atoms in total. The molecule has 1 saturated heterocycles. The maximum absolute atomic E-state index is 14.1. The van der Waals surface area contributed by atoms with Crippen molar-refractivity contribution in [3.63, 3.8) is 0 Å². The van der Waals surface area contributed by atoms with Crippen LogP contribution in [0.3, 0.4) is 0 Å². The number of hydrogen-bond donors (Lipinski definition) is 1. The van der Waals surface area contributed by atoms with Crippen LogP contribution >= 0.6 is 0 Å². The van der Waals surface area contributed by atoms with E-state index in [1.165, 1.54) is 6.07 Å². The quantitative estimate of drug-likeness (QED) is 0.889. The van der Waals surface area contributed by atoms with E-state index in [9.17, 15) is 8.78 Å². The molecule has 0 saturated carbocycles. The van der Waals surface area contributed by atoms with Crippen LogP contribution in [-0.2, 0) is 0 Å². The first-order valence-electron chi connectivity index (χ1n) is 7.62. The molecular formula is C16H24F2N2. The fourth-order valence-corrected chi connectivity index (χ4v) is 2.88. The highest BCUT2D eigenvalue weighted by Gasteiger charge is 2.23. The molecule has 0 bridgehead atoms. The van der Waals surface area contributed by atoms with Crippen molar-refractivity contribution in [1.29, 1.82) is 0 Å². The minimum Gasteiger partial charge on any atom is -0.315 e. The second-order valence-corrected chi connectivity index (χ2v) is 5.46. The van der Waals surface area contributed by atoms with Gasteiger partial charge in [0.2, 0.25) is 0 Å². The van der Waals surface area contributed by atoms with Gasteiger partial charge in [0.15, 0.2) is 0 Å². The summed E-state index contributed by atoms with van der Waals surface area (Å²) in [6.07, 6.45) is 4.15. The van der Waals surface area contributed by atoms with Crippen LogP contribution in [0.2, 0.25) is 0 Å². The summed E-state index contributed by atoms with van der Waals surface area (Å²) < 4.78 is 27.2. The Morgan fingerprint density at radius 3 is 2.85 bits per heavy atom. The van der Waals surface area contributed by atoms with Gasteiger partial charge in [0.05, 0.1) is 0 Å². The number of unbranched alkanes of at least 4 members (excludes halogenated alkanes) is 1. The Morgan fingerprint density at radius 1 is 1.25 bits per heavy atom. The fourth-order valence-electron chi connectivity index (χ4n) is 2.88. The molecule has 1 atom stereocenters. The lowest BCUT2D eigenvalue weighted by atomic mass is 9.98. The van der Waals surface area contributed by atoms with Crippen molar-refractivity contribution in [2.45, 2.75) is 38.6 Å². The normalized spacial score (nSPS) is 18.8. The van der Waals surface area contributed by atoms with E-state index in [1.54, 1.807) is 6.07 Å². The zero-order valence-electron chi connectivity index (χ0n) is 12.2. The molecule has 112 valence electrons. The minimum atomic E-state index is -0.502. The molecule has 2 rings (SSSR count). The third-order valence-corrected chi connectivity index (χ3v) is 3.97. The van der Waals surface area contributed by atoms with Crippen molar-refractivity contribution in [3.8, 4) is 0 Å². The average molecular weight is 282 g/mol. The van der Waals surface area contributed by atoms with Crippen molar-refractivity contribution in [2.75, 3.05) is 26.2 Å². The number of nitrogens with one attached hydrogen (secondary N) is 1. The molecule has 1 aromatic rings. The van der Waals surface area contributed by atoms with Crippen LogP contribution in [0.4, 0.5) is 8.78 Å². The van der Waals surface area contributed by atoms with E-state index in [-0.39, 0.29) is 6.04 Å². The molecule has 4 heteroatoms. The second kappa shape index (κ2) is 7.70. The minimum absolute atomic E-state index is 0.0652. The predicted octanol–water partition coefficient (Wildman–Crippen LogP) is 3.49. The molecule has 0 aliphatic carbocycles. The van der Waals surface area contributed by atoms with Crippen molar-refractivity contribution >= 4 is 0 Å². The monoisotopic (exact) mass is 282 g/mol. The Bertz CT molecular complexity index is 415. The van der Waals surface area contributed by atoms with E-state index in [1.807, 2.05) is 0 Å². The third-order valence-electron chi connectivity index (χ3n) is 3.97. The van der Waals surface area contributed by atoms with E-state index >= 15 is 0 Å². The van der Waals surface area contributed by atoms with E-state index in [0.717, 1.165) is 57.9 Å². The molecular weight excluding hydrogens is 258 g/mol. The first-order valence-corrected chi connectivity index (χ1v) is 7.62. The highest BCUT2D eigenvalue weighted by atomic mass is 19.1. The molecule has 1 heterocycles. The van der Waals surface area contributed by atoms with Crippen LogP contribution in [0.25, 0.3) is 0 Å². The summed E-state index contributed by atoms with van der Waals surface area (Å²) in [6, 6.07) is 4.05. The van der Waals surface area contributed by atoms with Crippen LogP contribution < -0.4 is 5.32 Å². The van der Waals surface area contributed by atoms with Gasteiger partial charge in [0, 0.05) is 37.3 Å². The van der Waals surface area contributed by atoms with E-state index in [2.05, 4.69) is 17.1 Å². The summed E-state index contributed by atoms with van der Waals surface area (Å²) in [5, 5.41) is 3.37. The molecule has 0 radical (unpaired) electrons. The lowest BCUT2D eigenvalue weighted by molar-refractivity contribution is 0.193. The van der Waals surface area contributed by atoms with Gasteiger partial charge in [-0.15, -0.1) is 0 Å². The molecule has 1 aliphatic rings. The van der Waals surface area contributed by atoms with Gasteiger partial charge in [-0.25, -0.2) is 8.78 Å². The van der Waals surface area contributed by atoms with Crippen LogP contribution in [0, 0.1) is 11.6 Å². The van der Waals surface area contributed by atoms with Gasteiger partial charge in [-0.3, -0.25) is 4.90 Å². The van der Waals surface area contributed by atoms with Crippen LogP contribution in [0.1, 0.15) is 44.2 Å². The van der Waals surface area contributed by atoms with Gasteiger partial charge >= 0.3 is 0 Å². The maximum Gasteiger partial charge on any atom is 0.130 e. The van der Waals surface area contributed by atoms with Crippen molar-refractivity contribution in [2.24, 2.45) is 0 Å². The molecule has 0 aromatic heterocycles. The largest absolute Gasteiger partial charge is 0.315 e.